The van der Waals surface area contributed by atoms with Crippen molar-refractivity contribution in [3.63, 3.8) is 0 Å². The number of aliphatic imine (C=N–C) groups is 1. The summed E-state index contributed by atoms with van der Waals surface area (Å²) in [5.41, 5.74) is 4.77. The molecule has 3 nitrogen and oxygen atoms in total. The number of terminal acetylenes is 1. The number of anilines is 1. The Balaban J connectivity index is 1.87. The van der Waals surface area contributed by atoms with Crippen molar-refractivity contribution in [1.29, 1.82) is 0 Å². The fourth-order valence-corrected chi connectivity index (χ4v) is 2.70. The van der Waals surface area contributed by atoms with Crippen LogP contribution in [0.1, 0.15) is 23.6 Å². The maximum absolute atomic E-state index is 5.71. The summed E-state index contributed by atoms with van der Waals surface area (Å²) in [5, 5.41) is 0. The van der Waals surface area contributed by atoms with Crippen LogP contribution in [0.15, 0.2) is 53.5 Å². The average Bonchev–Trinajstić information content (AvgIpc) is 2.61. The van der Waals surface area contributed by atoms with Crippen LogP contribution >= 0.6 is 0 Å². The Morgan fingerprint density at radius 2 is 1.87 bits per heavy atom. The van der Waals surface area contributed by atoms with Gasteiger partial charge in [0.25, 0.3) is 0 Å². The normalized spacial score (nSPS) is 16.0. The minimum Gasteiger partial charge on any atom is -0.326 e. The highest BCUT2D eigenvalue weighted by Gasteiger charge is 2.23. The topological polar surface area (TPSA) is 24.8 Å². The lowest BCUT2D eigenvalue weighted by Gasteiger charge is -2.34. The number of aryl methyl sites for hydroxylation is 1. The zero-order valence-electron chi connectivity index (χ0n) is 13.3. The Morgan fingerprint density at radius 3 is 2.61 bits per heavy atom. The SMILES string of the molecule is C#CCOC1N=Cc2ccccc2N1Cc1ccc(CC)cc1. The molecule has 0 aliphatic carbocycles. The number of rotatable bonds is 5. The monoisotopic (exact) mass is 304 g/mol. The van der Waals surface area contributed by atoms with E-state index < -0.39 is 0 Å². The Bertz CT molecular complexity index is 728. The smallest absolute Gasteiger partial charge is 0.229 e. The van der Waals surface area contributed by atoms with Crippen LogP contribution in [0, 0.1) is 12.3 Å². The highest BCUT2D eigenvalue weighted by atomic mass is 16.5. The van der Waals surface area contributed by atoms with Gasteiger partial charge in [-0.2, -0.15) is 0 Å². The molecule has 1 aliphatic heterocycles. The van der Waals surface area contributed by atoms with Gasteiger partial charge in [0, 0.05) is 24.0 Å². The van der Waals surface area contributed by atoms with E-state index in [1.807, 2.05) is 18.3 Å². The molecule has 0 N–H and O–H groups in total. The van der Waals surface area contributed by atoms with Crippen LogP contribution in [0.4, 0.5) is 5.69 Å². The van der Waals surface area contributed by atoms with Crippen molar-refractivity contribution in [2.24, 2.45) is 4.99 Å². The number of ether oxygens (including phenoxy) is 1. The van der Waals surface area contributed by atoms with Crippen molar-refractivity contribution in [3.8, 4) is 12.3 Å². The van der Waals surface area contributed by atoms with Gasteiger partial charge in [0.1, 0.15) is 6.61 Å². The van der Waals surface area contributed by atoms with Crippen LogP contribution in [0.3, 0.4) is 0 Å². The third kappa shape index (κ3) is 3.44. The van der Waals surface area contributed by atoms with E-state index in [0.717, 1.165) is 24.2 Å². The van der Waals surface area contributed by atoms with E-state index >= 15 is 0 Å². The molecule has 3 rings (SSSR count). The first-order valence-corrected chi connectivity index (χ1v) is 7.83. The quantitative estimate of drug-likeness (QED) is 0.788. The molecule has 1 aliphatic rings. The van der Waals surface area contributed by atoms with Gasteiger partial charge in [-0.3, -0.25) is 0 Å². The maximum atomic E-state index is 5.71. The summed E-state index contributed by atoms with van der Waals surface area (Å²) in [7, 11) is 0. The predicted octanol–water partition coefficient (Wildman–Crippen LogP) is 3.62. The van der Waals surface area contributed by atoms with Gasteiger partial charge in [-0.15, -0.1) is 6.42 Å². The second-order valence-corrected chi connectivity index (χ2v) is 5.48. The van der Waals surface area contributed by atoms with E-state index in [-0.39, 0.29) is 13.0 Å². The van der Waals surface area contributed by atoms with E-state index in [0.29, 0.717) is 0 Å². The first-order chi connectivity index (χ1) is 11.3. The molecule has 0 amide bonds. The predicted molar refractivity (Wildman–Crippen MR) is 94.6 cm³/mol. The van der Waals surface area contributed by atoms with E-state index in [4.69, 9.17) is 11.2 Å². The van der Waals surface area contributed by atoms with Crippen LogP contribution in [-0.2, 0) is 17.7 Å². The zero-order chi connectivity index (χ0) is 16.1. The van der Waals surface area contributed by atoms with Crippen molar-refractivity contribution >= 4 is 11.9 Å². The largest absolute Gasteiger partial charge is 0.326 e. The number of hydrogen-bond donors (Lipinski definition) is 0. The van der Waals surface area contributed by atoms with Crippen LogP contribution in [-0.4, -0.2) is 19.2 Å². The van der Waals surface area contributed by atoms with E-state index in [9.17, 15) is 0 Å². The Hall–Kier alpha value is -2.57. The summed E-state index contributed by atoms with van der Waals surface area (Å²) in [6.07, 6.45) is 7.84. The fourth-order valence-electron chi connectivity index (χ4n) is 2.70. The maximum Gasteiger partial charge on any atom is 0.229 e. The number of nitrogens with zero attached hydrogens (tertiary/aromatic N) is 2. The van der Waals surface area contributed by atoms with Crippen LogP contribution in [0.2, 0.25) is 0 Å². The summed E-state index contributed by atoms with van der Waals surface area (Å²) in [6, 6.07) is 16.9. The molecule has 0 aromatic heterocycles. The van der Waals surface area contributed by atoms with Gasteiger partial charge in [-0.25, -0.2) is 4.99 Å². The van der Waals surface area contributed by atoms with Crippen molar-refractivity contribution in [3.05, 3.63) is 65.2 Å². The minimum absolute atomic E-state index is 0.245. The van der Waals surface area contributed by atoms with Crippen molar-refractivity contribution in [2.75, 3.05) is 11.5 Å². The molecule has 1 atom stereocenters. The van der Waals surface area contributed by atoms with Gasteiger partial charge in [0.05, 0.1) is 0 Å². The highest BCUT2D eigenvalue weighted by molar-refractivity contribution is 5.90. The molecule has 0 spiro atoms. The third-order valence-corrected chi connectivity index (χ3v) is 3.95. The lowest BCUT2D eigenvalue weighted by molar-refractivity contribution is 0.0799. The number of para-hydroxylation sites is 1. The highest BCUT2D eigenvalue weighted by Crippen LogP contribution is 2.28. The Morgan fingerprint density at radius 1 is 1.13 bits per heavy atom. The number of fused-ring (bicyclic) bond motifs is 1. The number of hydrogen-bond acceptors (Lipinski definition) is 3. The van der Waals surface area contributed by atoms with Gasteiger partial charge in [-0.05, 0) is 23.6 Å². The van der Waals surface area contributed by atoms with Gasteiger partial charge >= 0.3 is 0 Å². The molecule has 116 valence electrons. The molecule has 0 radical (unpaired) electrons. The average molecular weight is 304 g/mol. The second-order valence-electron chi connectivity index (χ2n) is 5.48. The molecule has 3 heteroatoms. The van der Waals surface area contributed by atoms with Gasteiger partial charge in [0.2, 0.25) is 6.35 Å². The molecule has 0 saturated heterocycles. The molecule has 1 unspecified atom stereocenters. The first kappa shape index (κ1) is 15.3. The van der Waals surface area contributed by atoms with Crippen LogP contribution < -0.4 is 4.90 Å². The molecular weight excluding hydrogens is 284 g/mol. The summed E-state index contributed by atoms with van der Waals surface area (Å²) >= 11 is 0. The molecule has 0 saturated carbocycles. The molecule has 2 aromatic carbocycles. The molecule has 0 bridgehead atoms. The molecule has 0 fully saturated rings. The van der Waals surface area contributed by atoms with Crippen molar-refractivity contribution < 1.29 is 4.74 Å². The fraction of sp³-hybridized carbons (Fsp3) is 0.250. The molecule has 2 aromatic rings. The zero-order valence-corrected chi connectivity index (χ0v) is 13.3. The van der Waals surface area contributed by atoms with E-state index in [1.165, 1.54) is 11.1 Å². The molecular formula is C20H20N2O. The summed E-state index contributed by atoms with van der Waals surface area (Å²) in [5.74, 6) is 2.52. The van der Waals surface area contributed by atoms with Crippen molar-refractivity contribution in [1.82, 2.24) is 0 Å². The summed E-state index contributed by atoms with van der Waals surface area (Å²) in [4.78, 5) is 6.65. The van der Waals surface area contributed by atoms with Crippen LogP contribution in [0.25, 0.3) is 0 Å². The summed E-state index contributed by atoms with van der Waals surface area (Å²) in [6.45, 7) is 3.14. The van der Waals surface area contributed by atoms with Gasteiger partial charge < -0.3 is 9.64 Å². The van der Waals surface area contributed by atoms with E-state index in [1.54, 1.807) is 0 Å². The van der Waals surface area contributed by atoms with Gasteiger partial charge in [0.15, 0.2) is 0 Å². The van der Waals surface area contributed by atoms with Crippen molar-refractivity contribution in [2.45, 2.75) is 26.2 Å². The number of benzene rings is 2. The Labute approximate surface area is 137 Å². The van der Waals surface area contributed by atoms with Gasteiger partial charge in [-0.1, -0.05) is 55.3 Å². The lowest BCUT2D eigenvalue weighted by atomic mass is 10.1. The standard InChI is InChI=1S/C20H20N2O/c1-3-13-23-20-21-14-18-7-5-6-8-19(18)22(20)15-17-11-9-16(4-2)10-12-17/h1,5-12,14,20H,4,13,15H2,2H3. The summed E-state index contributed by atoms with van der Waals surface area (Å²) < 4.78 is 5.71. The lowest BCUT2D eigenvalue weighted by Crippen LogP contribution is -2.38. The third-order valence-electron chi connectivity index (χ3n) is 3.95. The molecule has 23 heavy (non-hydrogen) atoms. The molecule has 1 heterocycles. The second kappa shape index (κ2) is 7.13. The Kier molecular flexibility index (Phi) is 4.75. The minimum atomic E-state index is -0.383. The van der Waals surface area contributed by atoms with Crippen LogP contribution in [0.5, 0.6) is 0 Å². The van der Waals surface area contributed by atoms with E-state index in [2.05, 4.69) is 59.1 Å². The first-order valence-electron chi connectivity index (χ1n) is 7.83.